The summed E-state index contributed by atoms with van der Waals surface area (Å²) in [5.74, 6) is 0.306. The van der Waals surface area contributed by atoms with Gasteiger partial charge in [-0.2, -0.15) is 0 Å². The van der Waals surface area contributed by atoms with E-state index in [-0.39, 0.29) is 24.5 Å². The molecule has 5 nitrogen and oxygen atoms in total. The van der Waals surface area contributed by atoms with Crippen LogP contribution < -0.4 is 5.73 Å². The molecule has 1 saturated carbocycles. The van der Waals surface area contributed by atoms with E-state index in [1.165, 1.54) is 0 Å². The van der Waals surface area contributed by atoms with E-state index in [1.807, 2.05) is 4.90 Å². The van der Waals surface area contributed by atoms with Crippen molar-refractivity contribution >= 4 is 5.91 Å². The molecule has 3 N–H and O–H groups in total. The van der Waals surface area contributed by atoms with E-state index in [9.17, 15) is 4.79 Å². The Morgan fingerprint density at radius 1 is 1.17 bits per heavy atom. The maximum atomic E-state index is 12.4. The standard InChI is InChI=1S/C13H25N3O2/c14-12-4-1-3-11(12)13(18)16-6-2-5-15(7-8-16)9-10-17/h11-12,17H,1-10,14H2. The van der Waals surface area contributed by atoms with E-state index < -0.39 is 0 Å². The molecule has 2 rings (SSSR count). The second-order valence-electron chi connectivity index (χ2n) is 5.45. The first-order valence-corrected chi connectivity index (χ1v) is 7.10. The van der Waals surface area contributed by atoms with Crippen LogP contribution in [-0.2, 0) is 4.79 Å². The number of carbonyl (C=O) groups is 1. The Morgan fingerprint density at radius 2 is 2.00 bits per heavy atom. The Kier molecular flexibility index (Phi) is 4.97. The predicted molar refractivity (Wildman–Crippen MR) is 70.0 cm³/mol. The van der Waals surface area contributed by atoms with Gasteiger partial charge in [0.1, 0.15) is 0 Å². The molecule has 5 heteroatoms. The number of carbonyl (C=O) groups excluding carboxylic acids is 1. The summed E-state index contributed by atoms with van der Waals surface area (Å²) in [5.41, 5.74) is 6.01. The quantitative estimate of drug-likeness (QED) is 0.722. The van der Waals surface area contributed by atoms with Crippen molar-refractivity contribution < 1.29 is 9.90 Å². The second-order valence-corrected chi connectivity index (χ2v) is 5.45. The van der Waals surface area contributed by atoms with Crippen LogP contribution in [0, 0.1) is 5.92 Å². The zero-order valence-electron chi connectivity index (χ0n) is 11.1. The molecule has 0 aromatic rings. The number of nitrogens with two attached hydrogens (primary N) is 1. The van der Waals surface area contributed by atoms with E-state index >= 15 is 0 Å². The van der Waals surface area contributed by atoms with Crippen LogP contribution >= 0.6 is 0 Å². The van der Waals surface area contributed by atoms with Gasteiger partial charge in [-0.25, -0.2) is 0 Å². The summed E-state index contributed by atoms with van der Waals surface area (Å²) in [6, 6.07) is 0.0642. The van der Waals surface area contributed by atoms with Crippen LogP contribution in [0.15, 0.2) is 0 Å². The van der Waals surface area contributed by atoms with Crippen molar-refractivity contribution in [3.8, 4) is 0 Å². The molecule has 18 heavy (non-hydrogen) atoms. The summed E-state index contributed by atoms with van der Waals surface area (Å²) >= 11 is 0. The van der Waals surface area contributed by atoms with Gasteiger partial charge in [0, 0.05) is 32.2 Å². The fourth-order valence-corrected chi connectivity index (χ4v) is 3.09. The van der Waals surface area contributed by atoms with Crippen LogP contribution in [0.5, 0.6) is 0 Å². The first-order chi connectivity index (χ1) is 8.72. The third kappa shape index (κ3) is 3.22. The highest BCUT2D eigenvalue weighted by Gasteiger charge is 2.33. The first kappa shape index (κ1) is 13.8. The molecule has 0 aromatic carbocycles. The third-order valence-corrected chi connectivity index (χ3v) is 4.20. The molecular formula is C13H25N3O2. The van der Waals surface area contributed by atoms with Crippen molar-refractivity contribution in [3.05, 3.63) is 0 Å². The summed E-state index contributed by atoms with van der Waals surface area (Å²) in [6.07, 6.45) is 4.02. The number of aliphatic hydroxyl groups is 1. The van der Waals surface area contributed by atoms with E-state index in [0.29, 0.717) is 6.54 Å². The maximum absolute atomic E-state index is 12.4. The molecule has 1 aliphatic heterocycles. The number of β-amino-alcohol motifs (C(OH)–C–C–N with tert-alkyl or cyclic N) is 1. The van der Waals surface area contributed by atoms with Crippen LogP contribution in [0.4, 0.5) is 0 Å². The van der Waals surface area contributed by atoms with E-state index in [4.69, 9.17) is 10.8 Å². The lowest BCUT2D eigenvalue weighted by Gasteiger charge is -2.26. The largest absolute Gasteiger partial charge is 0.395 e. The molecule has 1 aliphatic carbocycles. The number of amides is 1. The van der Waals surface area contributed by atoms with Gasteiger partial charge in [0.05, 0.1) is 12.5 Å². The van der Waals surface area contributed by atoms with Crippen LogP contribution in [0.25, 0.3) is 0 Å². The van der Waals surface area contributed by atoms with Crippen molar-refractivity contribution in [2.24, 2.45) is 11.7 Å². The Bertz CT molecular complexity index is 285. The first-order valence-electron chi connectivity index (χ1n) is 7.10. The molecule has 0 radical (unpaired) electrons. The minimum absolute atomic E-state index is 0.0504. The average Bonchev–Trinajstić information content (AvgIpc) is 2.64. The summed E-state index contributed by atoms with van der Waals surface area (Å²) in [4.78, 5) is 16.6. The van der Waals surface area contributed by atoms with Gasteiger partial charge in [0.15, 0.2) is 0 Å². The van der Waals surface area contributed by atoms with Crippen molar-refractivity contribution in [1.29, 1.82) is 0 Å². The Morgan fingerprint density at radius 3 is 2.67 bits per heavy atom. The number of aliphatic hydroxyl groups excluding tert-OH is 1. The van der Waals surface area contributed by atoms with Crippen molar-refractivity contribution in [2.75, 3.05) is 39.3 Å². The minimum atomic E-state index is 0.0504. The zero-order chi connectivity index (χ0) is 13.0. The average molecular weight is 255 g/mol. The monoisotopic (exact) mass is 255 g/mol. The van der Waals surface area contributed by atoms with Gasteiger partial charge in [-0.3, -0.25) is 9.69 Å². The highest BCUT2D eigenvalue weighted by molar-refractivity contribution is 5.80. The van der Waals surface area contributed by atoms with Gasteiger partial charge in [0.2, 0.25) is 5.91 Å². The minimum Gasteiger partial charge on any atom is -0.395 e. The van der Waals surface area contributed by atoms with Gasteiger partial charge in [-0.05, 0) is 25.8 Å². The molecule has 0 spiro atoms. The number of hydrogen-bond donors (Lipinski definition) is 2. The summed E-state index contributed by atoms with van der Waals surface area (Å²) in [5, 5.41) is 8.95. The lowest BCUT2D eigenvalue weighted by Crippen LogP contribution is -2.43. The number of rotatable bonds is 3. The Labute approximate surface area is 109 Å². The summed E-state index contributed by atoms with van der Waals surface area (Å²) in [7, 11) is 0. The molecule has 2 fully saturated rings. The van der Waals surface area contributed by atoms with Gasteiger partial charge in [-0.1, -0.05) is 6.42 Å². The van der Waals surface area contributed by atoms with Crippen LogP contribution in [0.1, 0.15) is 25.7 Å². The van der Waals surface area contributed by atoms with E-state index in [0.717, 1.165) is 51.9 Å². The fraction of sp³-hybridized carbons (Fsp3) is 0.923. The third-order valence-electron chi connectivity index (χ3n) is 4.20. The van der Waals surface area contributed by atoms with Crippen LogP contribution in [0.3, 0.4) is 0 Å². The van der Waals surface area contributed by atoms with Crippen LogP contribution in [0.2, 0.25) is 0 Å². The molecule has 2 unspecified atom stereocenters. The molecule has 0 aromatic heterocycles. The topological polar surface area (TPSA) is 69.8 Å². The molecule has 1 amide bonds. The smallest absolute Gasteiger partial charge is 0.227 e. The summed E-state index contributed by atoms with van der Waals surface area (Å²) in [6.45, 7) is 4.37. The zero-order valence-corrected chi connectivity index (χ0v) is 11.1. The fourth-order valence-electron chi connectivity index (χ4n) is 3.09. The molecule has 1 heterocycles. The van der Waals surface area contributed by atoms with E-state index in [1.54, 1.807) is 0 Å². The highest BCUT2D eigenvalue weighted by Crippen LogP contribution is 2.26. The molecular weight excluding hydrogens is 230 g/mol. The molecule has 1 saturated heterocycles. The van der Waals surface area contributed by atoms with E-state index in [2.05, 4.69) is 4.90 Å². The SMILES string of the molecule is NC1CCCC1C(=O)N1CCCN(CCO)CC1. The lowest BCUT2D eigenvalue weighted by atomic mass is 10.0. The predicted octanol–water partition coefficient (Wildman–Crippen LogP) is -0.360. The van der Waals surface area contributed by atoms with Gasteiger partial charge >= 0.3 is 0 Å². The Hall–Kier alpha value is -0.650. The molecule has 0 bridgehead atoms. The highest BCUT2D eigenvalue weighted by atomic mass is 16.3. The molecule has 104 valence electrons. The van der Waals surface area contributed by atoms with Gasteiger partial charge in [-0.15, -0.1) is 0 Å². The molecule has 2 aliphatic rings. The number of hydrogen-bond acceptors (Lipinski definition) is 4. The van der Waals surface area contributed by atoms with Crippen molar-refractivity contribution in [1.82, 2.24) is 9.80 Å². The van der Waals surface area contributed by atoms with Gasteiger partial charge in [0.25, 0.3) is 0 Å². The normalized spacial score (nSPS) is 30.4. The number of nitrogens with zero attached hydrogens (tertiary/aromatic N) is 2. The maximum Gasteiger partial charge on any atom is 0.227 e. The van der Waals surface area contributed by atoms with Crippen molar-refractivity contribution in [2.45, 2.75) is 31.7 Å². The lowest BCUT2D eigenvalue weighted by molar-refractivity contribution is -0.135. The van der Waals surface area contributed by atoms with Crippen molar-refractivity contribution in [3.63, 3.8) is 0 Å². The van der Waals surface area contributed by atoms with Gasteiger partial charge < -0.3 is 15.7 Å². The second kappa shape index (κ2) is 6.50. The Balaban J connectivity index is 1.87. The van der Waals surface area contributed by atoms with Crippen LogP contribution in [-0.4, -0.2) is 66.2 Å². The molecule has 2 atom stereocenters. The summed E-state index contributed by atoms with van der Waals surface area (Å²) < 4.78 is 0.